The average molecular weight is 325 g/mol. The van der Waals surface area contributed by atoms with Crippen LogP contribution in [0.15, 0.2) is 42.2 Å². The summed E-state index contributed by atoms with van der Waals surface area (Å²) in [6.45, 7) is 5.67. The van der Waals surface area contributed by atoms with Crippen molar-refractivity contribution in [3.63, 3.8) is 0 Å². The zero-order chi connectivity index (χ0) is 17.5. The topological polar surface area (TPSA) is 79.4 Å². The number of hydrogen-bond donors (Lipinski definition) is 2. The molecule has 124 valence electrons. The van der Waals surface area contributed by atoms with Gasteiger partial charge in [-0.25, -0.2) is 4.79 Å². The third-order valence-corrected chi connectivity index (χ3v) is 4.18. The number of cyclic esters (lactones) is 1. The third kappa shape index (κ3) is 2.85. The Bertz CT molecular complexity index is 841. The highest BCUT2D eigenvalue weighted by Gasteiger charge is 2.40. The fraction of sp³-hybridized carbons (Fsp3) is 0.263. The first-order valence-electron chi connectivity index (χ1n) is 7.73. The third-order valence-electron chi connectivity index (χ3n) is 4.18. The molecule has 0 amide bonds. The Balaban J connectivity index is 2.16. The molecule has 0 unspecified atom stereocenters. The van der Waals surface area contributed by atoms with Gasteiger partial charge in [0.1, 0.15) is 11.5 Å². The monoisotopic (exact) mass is 325 g/mol. The summed E-state index contributed by atoms with van der Waals surface area (Å²) < 4.78 is 5.52. The number of aryl methyl sites for hydroxylation is 1. The van der Waals surface area contributed by atoms with Crippen molar-refractivity contribution in [1.29, 1.82) is 0 Å². The maximum atomic E-state index is 12.1. The summed E-state index contributed by atoms with van der Waals surface area (Å²) in [5.41, 5.74) is 2.84. The number of esters is 1. The number of carbonyl (C=O) groups excluding carboxylic acids is 1. The van der Waals surface area contributed by atoms with Gasteiger partial charge in [0.05, 0.1) is 11.1 Å². The standard InChI is InChI=1S/C19H19NO4/c1-11-4-6-12(7-5-11)16(13-8-9-14(20-13)17(21)22)15-10-19(2,3)18(23)24-15/h4-9,20H,10H2,1-3H3,(H,21,22)/b16-15+. The van der Waals surface area contributed by atoms with Crippen molar-refractivity contribution in [2.75, 3.05) is 0 Å². The summed E-state index contributed by atoms with van der Waals surface area (Å²) in [5.74, 6) is -0.738. The fourth-order valence-corrected chi connectivity index (χ4v) is 2.75. The van der Waals surface area contributed by atoms with Crippen LogP contribution in [0, 0.1) is 12.3 Å². The lowest BCUT2D eigenvalue weighted by Gasteiger charge is -2.11. The maximum Gasteiger partial charge on any atom is 0.352 e. The lowest BCUT2D eigenvalue weighted by molar-refractivity contribution is -0.142. The van der Waals surface area contributed by atoms with Gasteiger partial charge in [-0.2, -0.15) is 0 Å². The summed E-state index contributed by atoms with van der Waals surface area (Å²) in [6, 6.07) is 11.0. The van der Waals surface area contributed by atoms with Gasteiger partial charge in [0, 0.05) is 12.0 Å². The van der Waals surface area contributed by atoms with E-state index in [-0.39, 0.29) is 11.7 Å². The molecule has 0 saturated carbocycles. The van der Waals surface area contributed by atoms with Gasteiger partial charge >= 0.3 is 11.9 Å². The Morgan fingerprint density at radius 2 is 1.75 bits per heavy atom. The van der Waals surface area contributed by atoms with Crippen molar-refractivity contribution in [3.05, 3.63) is 64.7 Å². The minimum Gasteiger partial charge on any atom is -0.477 e. The van der Waals surface area contributed by atoms with Gasteiger partial charge in [0.25, 0.3) is 0 Å². The largest absolute Gasteiger partial charge is 0.477 e. The molecule has 2 aromatic rings. The minimum absolute atomic E-state index is 0.0961. The van der Waals surface area contributed by atoms with E-state index in [0.29, 0.717) is 17.9 Å². The lowest BCUT2D eigenvalue weighted by Crippen LogP contribution is -2.16. The molecule has 1 fully saturated rings. The van der Waals surface area contributed by atoms with Crippen LogP contribution in [0.4, 0.5) is 0 Å². The number of benzene rings is 1. The summed E-state index contributed by atoms with van der Waals surface area (Å²) in [6.07, 6.45) is 0.469. The van der Waals surface area contributed by atoms with Crippen molar-refractivity contribution in [3.8, 4) is 0 Å². The van der Waals surface area contributed by atoms with Crippen LogP contribution in [-0.2, 0) is 9.53 Å². The number of hydrogen-bond acceptors (Lipinski definition) is 3. The molecule has 1 aliphatic rings. The molecule has 24 heavy (non-hydrogen) atoms. The molecule has 0 atom stereocenters. The summed E-state index contributed by atoms with van der Waals surface area (Å²) in [4.78, 5) is 26.1. The van der Waals surface area contributed by atoms with Crippen molar-refractivity contribution in [2.45, 2.75) is 27.2 Å². The Hall–Kier alpha value is -2.82. The van der Waals surface area contributed by atoms with E-state index in [9.17, 15) is 9.59 Å². The van der Waals surface area contributed by atoms with Crippen LogP contribution >= 0.6 is 0 Å². The molecule has 2 heterocycles. The highest BCUT2D eigenvalue weighted by atomic mass is 16.5. The van der Waals surface area contributed by atoms with E-state index in [1.807, 2.05) is 45.0 Å². The quantitative estimate of drug-likeness (QED) is 0.842. The van der Waals surface area contributed by atoms with E-state index in [4.69, 9.17) is 9.84 Å². The zero-order valence-electron chi connectivity index (χ0n) is 13.8. The van der Waals surface area contributed by atoms with E-state index in [1.54, 1.807) is 6.07 Å². The molecule has 0 radical (unpaired) electrons. The molecule has 5 nitrogen and oxygen atoms in total. The molecule has 0 aliphatic carbocycles. The van der Waals surface area contributed by atoms with Gasteiger partial charge in [0.15, 0.2) is 0 Å². The summed E-state index contributed by atoms with van der Waals surface area (Å²) >= 11 is 0. The number of nitrogens with one attached hydrogen (secondary N) is 1. The van der Waals surface area contributed by atoms with Gasteiger partial charge in [-0.3, -0.25) is 4.79 Å². The van der Waals surface area contributed by atoms with Crippen LogP contribution in [0.25, 0.3) is 5.57 Å². The normalized spacial score (nSPS) is 18.4. The lowest BCUT2D eigenvalue weighted by atomic mass is 9.89. The Labute approximate surface area is 140 Å². The molecule has 2 N–H and O–H groups in total. The number of carboxylic acid groups (broad SMARTS) is 1. The molecule has 5 heteroatoms. The summed E-state index contributed by atoms with van der Waals surface area (Å²) in [5, 5.41) is 9.14. The first kappa shape index (κ1) is 16.1. The Morgan fingerprint density at radius 3 is 2.25 bits per heavy atom. The van der Waals surface area contributed by atoms with Crippen molar-refractivity contribution < 1.29 is 19.4 Å². The number of carboxylic acids is 1. The number of aromatic amines is 1. The number of H-pyrrole nitrogens is 1. The molecule has 0 bridgehead atoms. The van der Waals surface area contributed by atoms with Crippen LogP contribution in [0.3, 0.4) is 0 Å². The SMILES string of the molecule is Cc1ccc(/C(=C2/CC(C)(C)C(=O)O2)c2ccc(C(=O)O)[nH]2)cc1. The minimum atomic E-state index is -1.03. The van der Waals surface area contributed by atoms with Crippen molar-refractivity contribution in [2.24, 2.45) is 5.41 Å². The highest BCUT2D eigenvalue weighted by molar-refractivity contribution is 5.90. The number of aromatic carboxylic acids is 1. The van der Waals surface area contributed by atoms with Crippen LogP contribution < -0.4 is 0 Å². The Morgan fingerprint density at radius 1 is 1.12 bits per heavy atom. The Kier molecular flexibility index (Phi) is 3.79. The van der Waals surface area contributed by atoms with Gasteiger partial charge in [-0.05, 0) is 38.5 Å². The average Bonchev–Trinajstić information content (AvgIpc) is 3.07. The number of carbonyl (C=O) groups is 2. The molecule has 0 spiro atoms. The molecular formula is C19H19NO4. The number of rotatable bonds is 3. The predicted molar refractivity (Wildman–Crippen MR) is 89.4 cm³/mol. The van der Waals surface area contributed by atoms with Gasteiger partial charge < -0.3 is 14.8 Å². The molecule has 1 saturated heterocycles. The van der Waals surface area contributed by atoms with Crippen LogP contribution in [0.1, 0.15) is 47.6 Å². The second-order valence-corrected chi connectivity index (χ2v) is 6.71. The first-order valence-corrected chi connectivity index (χ1v) is 7.73. The molecular weight excluding hydrogens is 306 g/mol. The van der Waals surface area contributed by atoms with Crippen LogP contribution in [0.5, 0.6) is 0 Å². The maximum absolute atomic E-state index is 12.1. The van der Waals surface area contributed by atoms with Crippen molar-refractivity contribution >= 4 is 17.5 Å². The smallest absolute Gasteiger partial charge is 0.352 e. The second kappa shape index (κ2) is 5.67. The molecule has 1 aromatic heterocycles. The van der Waals surface area contributed by atoms with Gasteiger partial charge in [0.2, 0.25) is 0 Å². The van der Waals surface area contributed by atoms with Crippen molar-refractivity contribution in [1.82, 2.24) is 4.98 Å². The highest BCUT2D eigenvalue weighted by Crippen LogP contribution is 2.41. The van der Waals surface area contributed by atoms with E-state index in [2.05, 4.69) is 4.98 Å². The van der Waals surface area contributed by atoms with Gasteiger partial charge in [-0.15, -0.1) is 0 Å². The number of aromatic nitrogens is 1. The number of allylic oxidation sites excluding steroid dienone is 1. The van der Waals surface area contributed by atoms with E-state index in [0.717, 1.165) is 16.7 Å². The molecule has 1 aromatic carbocycles. The summed E-state index contributed by atoms with van der Waals surface area (Å²) in [7, 11) is 0. The zero-order valence-corrected chi connectivity index (χ0v) is 13.8. The molecule has 1 aliphatic heterocycles. The van der Waals surface area contributed by atoms with Crippen LogP contribution in [0.2, 0.25) is 0 Å². The predicted octanol–water partition coefficient (Wildman–Crippen LogP) is 3.75. The second-order valence-electron chi connectivity index (χ2n) is 6.71. The van der Waals surface area contributed by atoms with Gasteiger partial charge in [-0.1, -0.05) is 29.8 Å². The molecule has 3 rings (SSSR count). The van der Waals surface area contributed by atoms with E-state index >= 15 is 0 Å². The first-order chi connectivity index (χ1) is 11.3. The van der Waals surface area contributed by atoms with Crippen LogP contribution in [-0.4, -0.2) is 22.0 Å². The fourth-order valence-electron chi connectivity index (χ4n) is 2.75. The van der Waals surface area contributed by atoms with E-state index < -0.39 is 11.4 Å². The number of ether oxygens (including phenoxy) is 1. The van der Waals surface area contributed by atoms with E-state index in [1.165, 1.54) is 6.07 Å².